The van der Waals surface area contributed by atoms with E-state index >= 15 is 0 Å². The van der Waals surface area contributed by atoms with Crippen molar-refractivity contribution in [1.29, 1.82) is 0 Å². The van der Waals surface area contributed by atoms with E-state index in [4.69, 9.17) is 30.4 Å². The topological polar surface area (TPSA) is 77.6 Å². The third-order valence-electron chi connectivity index (χ3n) is 6.08. The van der Waals surface area contributed by atoms with Gasteiger partial charge in [0.25, 0.3) is 0 Å². The highest BCUT2D eigenvalue weighted by Crippen LogP contribution is 2.38. The van der Waals surface area contributed by atoms with Gasteiger partial charge in [-0.15, -0.1) is 0 Å². The number of aromatic nitrogens is 2. The molecule has 7 nitrogen and oxygen atoms in total. The highest BCUT2D eigenvalue weighted by atomic mass is 35.5. The number of fused-ring (bicyclic) bond motifs is 1. The molecule has 1 aliphatic heterocycles. The SMILES string of the molecule is COC(OC)c1ccc2[nH]nc(Nc3cccc(B4OC(C)(C)C(C)(C)O4)c3Cl)c2c1. The summed E-state index contributed by atoms with van der Waals surface area (Å²) in [4.78, 5) is 0. The van der Waals surface area contributed by atoms with Crippen molar-refractivity contribution in [3.05, 3.63) is 47.0 Å². The second-order valence-electron chi connectivity index (χ2n) is 8.60. The molecule has 0 radical (unpaired) electrons. The van der Waals surface area contributed by atoms with Crippen molar-refractivity contribution in [1.82, 2.24) is 10.2 Å². The lowest BCUT2D eigenvalue weighted by molar-refractivity contribution is -0.105. The molecule has 0 amide bonds. The summed E-state index contributed by atoms with van der Waals surface area (Å²) in [7, 11) is 2.66. The Labute approximate surface area is 187 Å². The summed E-state index contributed by atoms with van der Waals surface area (Å²) in [5, 5.41) is 12.2. The molecule has 4 rings (SSSR count). The average Bonchev–Trinajstić information content (AvgIpc) is 3.21. The molecule has 31 heavy (non-hydrogen) atoms. The summed E-state index contributed by atoms with van der Waals surface area (Å²) >= 11 is 6.77. The lowest BCUT2D eigenvalue weighted by atomic mass is 9.79. The monoisotopic (exact) mass is 443 g/mol. The van der Waals surface area contributed by atoms with E-state index in [-0.39, 0.29) is 0 Å². The molecule has 1 aromatic heterocycles. The molecule has 2 aromatic carbocycles. The van der Waals surface area contributed by atoms with E-state index in [1.807, 2.05) is 64.1 Å². The maximum atomic E-state index is 6.77. The molecule has 1 fully saturated rings. The number of nitrogens with zero attached hydrogens (tertiary/aromatic N) is 1. The van der Waals surface area contributed by atoms with Gasteiger partial charge in [0.05, 0.1) is 27.4 Å². The third-order valence-corrected chi connectivity index (χ3v) is 6.50. The molecule has 2 N–H and O–H groups in total. The lowest BCUT2D eigenvalue weighted by Gasteiger charge is -2.32. The van der Waals surface area contributed by atoms with Crippen molar-refractivity contribution in [2.45, 2.75) is 45.2 Å². The minimum atomic E-state index is -0.550. The van der Waals surface area contributed by atoms with E-state index in [9.17, 15) is 0 Å². The van der Waals surface area contributed by atoms with Gasteiger partial charge in [0.15, 0.2) is 12.1 Å². The zero-order valence-electron chi connectivity index (χ0n) is 18.6. The second-order valence-corrected chi connectivity index (χ2v) is 8.98. The fourth-order valence-corrected chi connectivity index (χ4v) is 3.83. The normalized spacial score (nSPS) is 17.6. The molecule has 0 unspecified atom stereocenters. The Hall–Kier alpha value is -2.10. The Balaban J connectivity index is 1.66. The fraction of sp³-hybridized carbons (Fsp3) is 0.409. The van der Waals surface area contributed by atoms with Gasteiger partial charge >= 0.3 is 7.12 Å². The number of hydrogen-bond donors (Lipinski definition) is 2. The Morgan fingerprint density at radius 3 is 2.39 bits per heavy atom. The van der Waals surface area contributed by atoms with Crippen molar-refractivity contribution in [3.63, 3.8) is 0 Å². The quantitative estimate of drug-likeness (QED) is 0.430. The van der Waals surface area contributed by atoms with Crippen LogP contribution in [0.15, 0.2) is 36.4 Å². The first kappa shape index (κ1) is 22.1. The molecule has 3 aromatic rings. The highest BCUT2D eigenvalue weighted by molar-refractivity contribution is 6.66. The van der Waals surface area contributed by atoms with Gasteiger partial charge in [-0.2, -0.15) is 5.10 Å². The molecule has 0 spiro atoms. The number of rotatable bonds is 6. The first-order valence-corrected chi connectivity index (χ1v) is 10.5. The molecule has 0 saturated carbocycles. The zero-order chi connectivity index (χ0) is 22.4. The molecule has 0 bridgehead atoms. The van der Waals surface area contributed by atoms with Crippen LogP contribution in [-0.4, -0.2) is 42.7 Å². The second kappa shape index (κ2) is 8.11. The van der Waals surface area contributed by atoms with Crippen LogP contribution >= 0.6 is 11.6 Å². The predicted octanol–water partition coefficient (Wildman–Crippen LogP) is 4.55. The number of methoxy groups -OCH3 is 2. The van der Waals surface area contributed by atoms with Crippen LogP contribution in [0, 0.1) is 0 Å². The molecular formula is C22H27BClN3O4. The average molecular weight is 444 g/mol. The molecule has 9 heteroatoms. The maximum absolute atomic E-state index is 6.77. The minimum absolute atomic E-state index is 0.446. The lowest BCUT2D eigenvalue weighted by Crippen LogP contribution is -2.41. The van der Waals surface area contributed by atoms with E-state index in [0.29, 0.717) is 16.5 Å². The number of aromatic amines is 1. The summed E-state index contributed by atoms with van der Waals surface area (Å²) in [5.74, 6) is 0.649. The Morgan fingerprint density at radius 1 is 1.06 bits per heavy atom. The van der Waals surface area contributed by atoms with Gasteiger partial charge in [-0.3, -0.25) is 5.10 Å². The van der Waals surface area contributed by atoms with Crippen LogP contribution in [0.5, 0.6) is 0 Å². The third kappa shape index (κ3) is 3.94. The first-order valence-electron chi connectivity index (χ1n) is 10.1. The van der Waals surface area contributed by atoms with Crippen LogP contribution in [0.25, 0.3) is 10.9 Å². The van der Waals surface area contributed by atoms with Gasteiger partial charge in [-0.1, -0.05) is 29.8 Å². The number of H-pyrrole nitrogens is 1. The van der Waals surface area contributed by atoms with Gasteiger partial charge in [0.2, 0.25) is 0 Å². The van der Waals surface area contributed by atoms with Crippen LogP contribution in [0.4, 0.5) is 11.5 Å². The molecular weight excluding hydrogens is 417 g/mol. The van der Waals surface area contributed by atoms with Gasteiger partial charge < -0.3 is 24.1 Å². The molecule has 0 atom stereocenters. The van der Waals surface area contributed by atoms with Gasteiger partial charge in [-0.25, -0.2) is 0 Å². The van der Waals surface area contributed by atoms with Gasteiger partial charge in [-0.05, 0) is 45.9 Å². The van der Waals surface area contributed by atoms with E-state index < -0.39 is 24.6 Å². The number of hydrogen-bond acceptors (Lipinski definition) is 6. The van der Waals surface area contributed by atoms with Crippen LogP contribution < -0.4 is 10.8 Å². The molecule has 0 aliphatic carbocycles. The fourth-order valence-electron chi connectivity index (χ4n) is 3.57. The predicted molar refractivity (Wildman–Crippen MR) is 123 cm³/mol. The first-order chi connectivity index (χ1) is 14.7. The molecule has 1 saturated heterocycles. The maximum Gasteiger partial charge on any atom is 0.496 e. The number of anilines is 2. The van der Waals surface area contributed by atoms with Crippen molar-refractivity contribution in [2.75, 3.05) is 19.5 Å². The van der Waals surface area contributed by atoms with Crippen molar-refractivity contribution < 1.29 is 18.8 Å². The van der Waals surface area contributed by atoms with Gasteiger partial charge in [0, 0.05) is 30.6 Å². The van der Waals surface area contributed by atoms with Crippen molar-refractivity contribution in [3.8, 4) is 0 Å². The summed E-state index contributed by atoms with van der Waals surface area (Å²) < 4.78 is 23.1. The van der Waals surface area contributed by atoms with Gasteiger partial charge in [0.1, 0.15) is 0 Å². The summed E-state index contributed by atoms with van der Waals surface area (Å²) in [5.41, 5.74) is 2.36. The van der Waals surface area contributed by atoms with E-state index in [2.05, 4.69) is 15.5 Å². The van der Waals surface area contributed by atoms with Crippen LogP contribution in [0.3, 0.4) is 0 Å². The van der Waals surface area contributed by atoms with Crippen LogP contribution in [-0.2, 0) is 18.8 Å². The Morgan fingerprint density at radius 2 is 1.74 bits per heavy atom. The number of halogens is 1. The van der Waals surface area contributed by atoms with E-state index in [0.717, 1.165) is 21.9 Å². The Bertz CT molecular complexity index is 1080. The molecule has 164 valence electrons. The van der Waals surface area contributed by atoms with E-state index in [1.54, 1.807) is 14.2 Å². The highest BCUT2D eigenvalue weighted by Gasteiger charge is 2.52. The smallest absolute Gasteiger partial charge is 0.399 e. The van der Waals surface area contributed by atoms with E-state index in [1.165, 1.54) is 0 Å². The number of benzene rings is 2. The minimum Gasteiger partial charge on any atom is -0.399 e. The number of nitrogens with one attached hydrogen (secondary N) is 2. The molecule has 2 heterocycles. The zero-order valence-corrected chi connectivity index (χ0v) is 19.3. The van der Waals surface area contributed by atoms with Crippen molar-refractivity contribution in [2.24, 2.45) is 0 Å². The molecule has 1 aliphatic rings. The van der Waals surface area contributed by atoms with Crippen molar-refractivity contribution >= 4 is 46.6 Å². The number of ether oxygens (including phenoxy) is 2. The summed E-state index contributed by atoms with van der Waals surface area (Å²) in [6, 6.07) is 11.6. The largest absolute Gasteiger partial charge is 0.496 e. The summed E-state index contributed by atoms with van der Waals surface area (Å²) in [6.45, 7) is 8.07. The summed E-state index contributed by atoms with van der Waals surface area (Å²) in [6.07, 6.45) is -0.456. The standard InChI is InChI=1S/C22H27BClN3O4/c1-21(2)22(3,4)31-23(30-21)15-8-7-9-17(18(15)24)25-19-14-12-13(20(28-5)29-6)10-11-16(14)26-27-19/h7-12,20H,1-6H3,(H2,25,26,27). The van der Waals surface area contributed by atoms with Crippen LogP contribution in [0.2, 0.25) is 5.02 Å². The van der Waals surface area contributed by atoms with Crippen LogP contribution in [0.1, 0.15) is 39.5 Å². The Kier molecular flexibility index (Phi) is 5.79.